The molecule has 0 aliphatic heterocycles. The molecule has 1 aliphatic carbocycles. The van der Waals surface area contributed by atoms with E-state index >= 15 is 0 Å². The molecule has 0 radical (unpaired) electrons. The van der Waals surface area contributed by atoms with Crippen LogP contribution in [0.1, 0.15) is 42.7 Å². The third-order valence-electron chi connectivity index (χ3n) is 3.16. The number of amides is 1. The molecule has 5 heteroatoms. The second kappa shape index (κ2) is 5.10. The first kappa shape index (κ1) is 12.5. The van der Waals surface area contributed by atoms with Crippen molar-refractivity contribution in [1.82, 2.24) is 5.32 Å². The molecule has 2 rings (SSSR count). The van der Waals surface area contributed by atoms with Gasteiger partial charge in [0.1, 0.15) is 0 Å². The molecule has 0 spiro atoms. The predicted octanol–water partition coefficient (Wildman–Crippen LogP) is 2.36. The van der Waals surface area contributed by atoms with Crippen molar-refractivity contribution in [3.05, 3.63) is 23.1 Å². The van der Waals surface area contributed by atoms with Crippen LogP contribution < -0.4 is 5.32 Å². The molecule has 1 heterocycles. The molecule has 17 heavy (non-hydrogen) atoms. The number of rotatable bonds is 3. The van der Waals surface area contributed by atoms with Crippen molar-refractivity contribution in [3.63, 3.8) is 0 Å². The summed E-state index contributed by atoms with van der Waals surface area (Å²) < 4.78 is 4.99. The summed E-state index contributed by atoms with van der Waals surface area (Å²) in [5.74, 6) is -0.162. The second-order valence-electron chi connectivity index (χ2n) is 4.57. The Morgan fingerprint density at radius 3 is 2.71 bits per heavy atom. The first-order valence-corrected chi connectivity index (χ1v) is 6.23. The summed E-state index contributed by atoms with van der Waals surface area (Å²) >= 11 is 5.58. The van der Waals surface area contributed by atoms with E-state index in [4.69, 9.17) is 16.0 Å². The van der Waals surface area contributed by atoms with Gasteiger partial charge in [0.15, 0.2) is 11.0 Å². The summed E-state index contributed by atoms with van der Waals surface area (Å²) in [4.78, 5) is 11.7. The Hall–Kier alpha value is -1.00. The fourth-order valence-corrected chi connectivity index (χ4v) is 2.30. The number of hydrogen-bond donors (Lipinski definition) is 2. The molecule has 1 saturated carbocycles. The van der Waals surface area contributed by atoms with E-state index < -0.39 is 5.60 Å². The van der Waals surface area contributed by atoms with Crippen LogP contribution in [-0.4, -0.2) is 23.2 Å². The average molecular weight is 258 g/mol. The van der Waals surface area contributed by atoms with Crippen LogP contribution in [0.25, 0.3) is 0 Å². The molecule has 0 bridgehead atoms. The Labute approximate surface area is 105 Å². The summed E-state index contributed by atoms with van der Waals surface area (Å²) in [6, 6.07) is 3.04. The normalized spacial score (nSPS) is 18.9. The van der Waals surface area contributed by atoms with Gasteiger partial charge in [-0.15, -0.1) is 0 Å². The van der Waals surface area contributed by atoms with Crippen LogP contribution >= 0.6 is 11.6 Å². The molecule has 1 aromatic heterocycles. The van der Waals surface area contributed by atoms with Crippen LogP contribution in [0.3, 0.4) is 0 Å². The SMILES string of the molecule is O=C(NCC1(O)CCCCC1)c1ccc(Cl)o1. The molecule has 2 N–H and O–H groups in total. The Balaban J connectivity index is 1.87. The van der Waals surface area contributed by atoms with Gasteiger partial charge < -0.3 is 14.8 Å². The van der Waals surface area contributed by atoms with Crippen LogP contribution in [0.2, 0.25) is 5.22 Å². The third kappa shape index (κ3) is 3.23. The van der Waals surface area contributed by atoms with Crippen LogP contribution in [-0.2, 0) is 0 Å². The molecule has 1 aliphatic rings. The van der Waals surface area contributed by atoms with Crippen molar-refractivity contribution in [2.24, 2.45) is 0 Å². The highest BCUT2D eigenvalue weighted by Gasteiger charge is 2.29. The molecule has 1 amide bonds. The largest absolute Gasteiger partial charge is 0.440 e. The Morgan fingerprint density at radius 2 is 2.12 bits per heavy atom. The highest BCUT2D eigenvalue weighted by atomic mass is 35.5. The molecule has 0 unspecified atom stereocenters. The van der Waals surface area contributed by atoms with Crippen molar-refractivity contribution in [2.75, 3.05) is 6.54 Å². The van der Waals surface area contributed by atoms with Crippen LogP contribution in [0.5, 0.6) is 0 Å². The number of aliphatic hydroxyl groups is 1. The van der Waals surface area contributed by atoms with E-state index in [1.54, 1.807) is 0 Å². The number of hydrogen-bond acceptors (Lipinski definition) is 3. The fraction of sp³-hybridized carbons (Fsp3) is 0.583. The number of halogens is 1. The zero-order valence-corrected chi connectivity index (χ0v) is 10.3. The van der Waals surface area contributed by atoms with Gasteiger partial charge >= 0.3 is 0 Å². The van der Waals surface area contributed by atoms with E-state index in [-0.39, 0.29) is 23.4 Å². The van der Waals surface area contributed by atoms with E-state index in [2.05, 4.69) is 5.32 Å². The van der Waals surface area contributed by atoms with Gasteiger partial charge in [-0.25, -0.2) is 0 Å². The van der Waals surface area contributed by atoms with Gasteiger partial charge in [-0.2, -0.15) is 0 Å². The zero-order chi connectivity index (χ0) is 12.3. The summed E-state index contributed by atoms with van der Waals surface area (Å²) in [5, 5.41) is 13.1. The first-order chi connectivity index (χ1) is 8.09. The van der Waals surface area contributed by atoms with Crippen LogP contribution in [0, 0.1) is 0 Å². The lowest BCUT2D eigenvalue weighted by molar-refractivity contribution is 0.00503. The van der Waals surface area contributed by atoms with Gasteiger partial charge in [0.2, 0.25) is 0 Å². The monoisotopic (exact) mass is 257 g/mol. The second-order valence-corrected chi connectivity index (χ2v) is 4.94. The van der Waals surface area contributed by atoms with E-state index in [0.29, 0.717) is 0 Å². The average Bonchev–Trinajstić information content (AvgIpc) is 2.74. The fourth-order valence-electron chi connectivity index (χ4n) is 2.15. The molecular formula is C12H16ClNO3. The predicted molar refractivity (Wildman–Crippen MR) is 64.1 cm³/mol. The van der Waals surface area contributed by atoms with Crippen LogP contribution in [0.15, 0.2) is 16.5 Å². The van der Waals surface area contributed by atoms with E-state index in [1.165, 1.54) is 12.1 Å². The standard InChI is InChI=1S/C12H16ClNO3/c13-10-5-4-9(17-10)11(15)14-8-12(16)6-2-1-3-7-12/h4-5,16H,1-3,6-8H2,(H,14,15). The van der Waals surface area contributed by atoms with Crippen molar-refractivity contribution in [3.8, 4) is 0 Å². The topological polar surface area (TPSA) is 62.5 Å². The maximum absolute atomic E-state index is 11.7. The Kier molecular flexibility index (Phi) is 3.74. The lowest BCUT2D eigenvalue weighted by atomic mass is 9.85. The quantitative estimate of drug-likeness (QED) is 0.874. The van der Waals surface area contributed by atoms with E-state index in [9.17, 15) is 9.90 Å². The molecule has 0 atom stereocenters. The van der Waals surface area contributed by atoms with E-state index in [0.717, 1.165) is 32.1 Å². The smallest absolute Gasteiger partial charge is 0.287 e. The number of nitrogens with one attached hydrogen (secondary N) is 1. The minimum Gasteiger partial charge on any atom is -0.440 e. The molecule has 1 fully saturated rings. The van der Waals surface area contributed by atoms with Gasteiger partial charge in [-0.1, -0.05) is 19.3 Å². The number of furan rings is 1. The summed E-state index contributed by atoms with van der Waals surface area (Å²) in [6.07, 6.45) is 4.67. The molecule has 4 nitrogen and oxygen atoms in total. The van der Waals surface area contributed by atoms with Gasteiger partial charge in [-0.3, -0.25) is 4.79 Å². The molecule has 94 valence electrons. The maximum atomic E-state index is 11.7. The summed E-state index contributed by atoms with van der Waals surface area (Å²) in [7, 11) is 0. The van der Waals surface area contributed by atoms with Crippen LogP contribution in [0.4, 0.5) is 0 Å². The highest BCUT2D eigenvalue weighted by molar-refractivity contribution is 6.29. The van der Waals surface area contributed by atoms with Crippen molar-refractivity contribution in [1.29, 1.82) is 0 Å². The highest BCUT2D eigenvalue weighted by Crippen LogP contribution is 2.27. The minimum atomic E-state index is -0.760. The summed E-state index contributed by atoms with van der Waals surface area (Å²) in [5.41, 5.74) is -0.760. The first-order valence-electron chi connectivity index (χ1n) is 5.85. The van der Waals surface area contributed by atoms with Crippen molar-refractivity contribution < 1.29 is 14.3 Å². The van der Waals surface area contributed by atoms with Crippen molar-refractivity contribution >= 4 is 17.5 Å². The van der Waals surface area contributed by atoms with Gasteiger partial charge in [0.25, 0.3) is 5.91 Å². The number of carbonyl (C=O) groups excluding carboxylic acids is 1. The van der Waals surface area contributed by atoms with E-state index in [1.807, 2.05) is 0 Å². The van der Waals surface area contributed by atoms with Crippen molar-refractivity contribution in [2.45, 2.75) is 37.7 Å². The Bertz CT molecular complexity index is 396. The third-order valence-corrected chi connectivity index (χ3v) is 3.36. The van der Waals surface area contributed by atoms with Gasteiger partial charge in [-0.05, 0) is 36.6 Å². The molecular weight excluding hydrogens is 242 g/mol. The van der Waals surface area contributed by atoms with Gasteiger partial charge in [0.05, 0.1) is 5.60 Å². The number of carbonyl (C=O) groups is 1. The zero-order valence-electron chi connectivity index (χ0n) is 9.54. The lowest BCUT2D eigenvalue weighted by Gasteiger charge is -2.31. The summed E-state index contributed by atoms with van der Waals surface area (Å²) in [6.45, 7) is 0.268. The van der Waals surface area contributed by atoms with Gasteiger partial charge in [0, 0.05) is 6.54 Å². The minimum absolute atomic E-state index is 0.175. The Morgan fingerprint density at radius 1 is 1.41 bits per heavy atom. The molecule has 1 aromatic rings. The maximum Gasteiger partial charge on any atom is 0.287 e. The lowest BCUT2D eigenvalue weighted by Crippen LogP contribution is -2.44. The molecule has 0 saturated heterocycles. The molecule has 0 aromatic carbocycles.